The van der Waals surface area contributed by atoms with E-state index in [4.69, 9.17) is 0 Å². The molecule has 2 aromatic carbocycles. The van der Waals surface area contributed by atoms with Crippen molar-refractivity contribution in [3.05, 3.63) is 71.8 Å². The molecule has 2 aromatic rings. The number of carbonyl (C=O) groups is 2. The Hall–Kier alpha value is -2.62. The lowest BCUT2D eigenvalue weighted by atomic mass is 9.89. The van der Waals surface area contributed by atoms with Crippen LogP contribution in [-0.4, -0.2) is 35.8 Å². The molecule has 4 heteroatoms. The van der Waals surface area contributed by atoms with Crippen LogP contribution in [-0.2, 0) is 4.79 Å². The molecule has 0 bridgehead atoms. The van der Waals surface area contributed by atoms with Crippen molar-refractivity contribution in [3.8, 4) is 0 Å². The molecule has 3 rings (SSSR count). The second kappa shape index (κ2) is 8.85. The fourth-order valence-corrected chi connectivity index (χ4v) is 3.68. The van der Waals surface area contributed by atoms with Crippen LogP contribution in [0.25, 0.3) is 0 Å². The number of hydrogen-bond donors (Lipinski definition) is 1. The van der Waals surface area contributed by atoms with Gasteiger partial charge in [0.05, 0.1) is 0 Å². The summed E-state index contributed by atoms with van der Waals surface area (Å²) in [5.74, 6) is 0.381. The molecule has 2 amide bonds. The summed E-state index contributed by atoms with van der Waals surface area (Å²) in [7, 11) is 0. The number of rotatable bonds is 5. The van der Waals surface area contributed by atoms with Gasteiger partial charge in [0, 0.05) is 18.7 Å². The molecule has 1 aliphatic heterocycles. The van der Waals surface area contributed by atoms with Gasteiger partial charge in [-0.2, -0.15) is 0 Å². The maximum atomic E-state index is 13.1. The van der Waals surface area contributed by atoms with Crippen molar-refractivity contribution in [1.29, 1.82) is 0 Å². The summed E-state index contributed by atoms with van der Waals surface area (Å²) in [6, 6.07) is 19.1. The third-order valence-electron chi connectivity index (χ3n) is 5.33. The van der Waals surface area contributed by atoms with Gasteiger partial charge in [-0.1, -0.05) is 62.4 Å². The Balaban J connectivity index is 1.61. The third kappa shape index (κ3) is 4.76. The van der Waals surface area contributed by atoms with Crippen LogP contribution >= 0.6 is 0 Å². The van der Waals surface area contributed by atoms with E-state index in [2.05, 4.69) is 29.6 Å². The van der Waals surface area contributed by atoms with E-state index < -0.39 is 6.04 Å². The van der Waals surface area contributed by atoms with Crippen LogP contribution in [0.2, 0.25) is 0 Å². The van der Waals surface area contributed by atoms with Crippen LogP contribution in [0.3, 0.4) is 0 Å². The van der Waals surface area contributed by atoms with Gasteiger partial charge in [0.15, 0.2) is 0 Å². The zero-order chi connectivity index (χ0) is 19.2. The smallest absolute Gasteiger partial charge is 0.251 e. The van der Waals surface area contributed by atoms with E-state index in [-0.39, 0.29) is 17.7 Å². The van der Waals surface area contributed by atoms with Gasteiger partial charge in [-0.3, -0.25) is 9.59 Å². The molecule has 0 aliphatic carbocycles. The van der Waals surface area contributed by atoms with Crippen LogP contribution in [0.4, 0.5) is 0 Å². The molecule has 0 radical (unpaired) electrons. The lowest BCUT2D eigenvalue weighted by Crippen LogP contribution is -2.52. The quantitative estimate of drug-likeness (QED) is 0.876. The Kier molecular flexibility index (Phi) is 6.28. The first-order valence-corrected chi connectivity index (χ1v) is 9.76. The summed E-state index contributed by atoms with van der Waals surface area (Å²) in [5.41, 5.74) is 1.93. The molecule has 1 saturated heterocycles. The lowest BCUT2D eigenvalue weighted by Gasteiger charge is -2.35. The Morgan fingerprint density at radius 2 is 1.48 bits per heavy atom. The number of piperidine rings is 1. The number of carbonyl (C=O) groups excluding carboxylic acids is 2. The van der Waals surface area contributed by atoms with Gasteiger partial charge in [0.1, 0.15) is 6.04 Å². The number of nitrogens with one attached hydrogen (secondary N) is 1. The van der Waals surface area contributed by atoms with Crippen molar-refractivity contribution in [1.82, 2.24) is 10.2 Å². The van der Waals surface area contributed by atoms with Crippen molar-refractivity contribution >= 4 is 11.8 Å². The minimum absolute atomic E-state index is 0.0285. The Labute approximate surface area is 161 Å². The fourth-order valence-electron chi connectivity index (χ4n) is 3.68. The second-order valence-corrected chi connectivity index (χ2v) is 7.57. The molecule has 1 aliphatic rings. The summed E-state index contributed by atoms with van der Waals surface area (Å²) in [6.45, 7) is 5.43. The van der Waals surface area contributed by atoms with Gasteiger partial charge in [-0.25, -0.2) is 0 Å². The summed E-state index contributed by atoms with van der Waals surface area (Å²) < 4.78 is 0. The Bertz CT molecular complexity index is 750. The molecule has 1 fully saturated rings. The molecule has 0 saturated carbocycles. The van der Waals surface area contributed by atoms with Gasteiger partial charge in [-0.15, -0.1) is 0 Å². The van der Waals surface area contributed by atoms with Gasteiger partial charge >= 0.3 is 0 Å². The molecule has 0 spiro atoms. The number of likely N-dealkylation sites (tertiary alicyclic amines) is 1. The monoisotopic (exact) mass is 364 g/mol. The van der Waals surface area contributed by atoms with Crippen LogP contribution in [0.5, 0.6) is 0 Å². The highest BCUT2D eigenvalue weighted by atomic mass is 16.2. The minimum atomic E-state index is -0.494. The van der Waals surface area contributed by atoms with Crippen molar-refractivity contribution in [3.63, 3.8) is 0 Å². The van der Waals surface area contributed by atoms with E-state index in [1.54, 1.807) is 12.1 Å². The van der Waals surface area contributed by atoms with Gasteiger partial charge in [0.25, 0.3) is 5.91 Å². The topological polar surface area (TPSA) is 49.4 Å². The predicted molar refractivity (Wildman–Crippen MR) is 108 cm³/mol. The minimum Gasteiger partial charge on any atom is -0.341 e. The van der Waals surface area contributed by atoms with Gasteiger partial charge < -0.3 is 10.2 Å². The van der Waals surface area contributed by atoms with Crippen LogP contribution in [0.15, 0.2) is 60.7 Å². The normalized spacial score (nSPS) is 16.2. The van der Waals surface area contributed by atoms with Crippen molar-refractivity contribution in [2.45, 2.75) is 38.6 Å². The van der Waals surface area contributed by atoms with E-state index >= 15 is 0 Å². The summed E-state index contributed by atoms with van der Waals surface area (Å²) >= 11 is 0. The maximum absolute atomic E-state index is 13.1. The highest BCUT2D eigenvalue weighted by molar-refractivity contribution is 5.97. The Morgan fingerprint density at radius 3 is 2.04 bits per heavy atom. The Morgan fingerprint density at radius 1 is 0.926 bits per heavy atom. The summed E-state index contributed by atoms with van der Waals surface area (Å²) in [4.78, 5) is 27.5. The average molecular weight is 364 g/mol. The first kappa shape index (κ1) is 19.2. The highest BCUT2D eigenvalue weighted by Gasteiger charge is 2.31. The molecule has 1 heterocycles. The number of amides is 2. The van der Waals surface area contributed by atoms with Gasteiger partial charge in [-0.05, 0) is 42.4 Å². The zero-order valence-corrected chi connectivity index (χ0v) is 16.1. The molecular formula is C23H28N2O2. The molecule has 1 atom stereocenters. The maximum Gasteiger partial charge on any atom is 0.251 e. The fraction of sp³-hybridized carbons (Fsp3) is 0.391. The first-order valence-electron chi connectivity index (χ1n) is 9.76. The van der Waals surface area contributed by atoms with Crippen LogP contribution in [0, 0.1) is 5.92 Å². The molecule has 1 N–H and O–H groups in total. The first-order chi connectivity index (χ1) is 13.1. The predicted octanol–water partition coefficient (Wildman–Crippen LogP) is 3.85. The SMILES string of the molecule is CC(C)C(NC(=O)c1ccccc1)C(=O)N1CCC(c2ccccc2)CC1. The molecule has 0 aromatic heterocycles. The number of benzene rings is 2. The zero-order valence-electron chi connectivity index (χ0n) is 16.1. The standard InChI is InChI=1S/C23H28N2O2/c1-17(2)21(24-22(26)20-11-7-4-8-12-20)23(27)25-15-13-19(14-16-25)18-9-5-3-6-10-18/h3-12,17,19,21H,13-16H2,1-2H3,(H,24,26). The van der Waals surface area contributed by atoms with E-state index in [0.29, 0.717) is 11.5 Å². The summed E-state index contributed by atoms with van der Waals surface area (Å²) in [5, 5.41) is 2.94. The summed E-state index contributed by atoms with van der Waals surface area (Å²) in [6.07, 6.45) is 1.93. The molecule has 1 unspecified atom stereocenters. The molecule has 142 valence electrons. The number of hydrogen-bond acceptors (Lipinski definition) is 2. The van der Waals surface area contributed by atoms with Crippen molar-refractivity contribution < 1.29 is 9.59 Å². The van der Waals surface area contributed by atoms with Crippen molar-refractivity contribution in [2.24, 2.45) is 5.92 Å². The molecule has 27 heavy (non-hydrogen) atoms. The largest absolute Gasteiger partial charge is 0.341 e. The van der Waals surface area contributed by atoms with Gasteiger partial charge in [0.2, 0.25) is 5.91 Å². The highest BCUT2D eigenvalue weighted by Crippen LogP contribution is 2.28. The van der Waals surface area contributed by atoms with Crippen molar-refractivity contribution in [2.75, 3.05) is 13.1 Å². The molecular weight excluding hydrogens is 336 g/mol. The van der Waals surface area contributed by atoms with E-state index in [0.717, 1.165) is 25.9 Å². The van der Waals surface area contributed by atoms with E-state index in [1.165, 1.54) is 5.56 Å². The number of nitrogens with zero attached hydrogens (tertiary/aromatic N) is 1. The second-order valence-electron chi connectivity index (χ2n) is 7.57. The lowest BCUT2D eigenvalue weighted by molar-refractivity contribution is -0.135. The van der Waals surface area contributed by atoms with Crippen LogP contribution < -0.4 is 5.32 Å². The average Bonchev–Trinajstić information content (AvgIpc) is 2.72. The third-order valence-corrected chi connectivity index (χ3v) is 5.33. The van der Waals surface area contributed by atoms with E-state index in [9.17, 15) is 9.59 Å². The van der Waals surface area contributed by atoms with Crippen LogP contribution in [0.1, 0.15) is 48.5 Å². The molecule has 4 nitrogen and oxygen atoms in total. The van der Waals surface area contributed by atoms with E-state index in [1.807, 2.05) is 43.0 Å².